The predicted molar refractivity (Wildman–Crippen MR) is 62.8 cm³/mol. The molecule has 1 aromatic rings. The molecule has 0 aliphatic rings. The summed E-state index contributed by atoms with van der Waals surface area (Å²) in [4.78, 5) is 0. The van der Waals surface area contributed by atoms with Crippen molar-refractivity contribution in [1.82, 2.24) is 10.9 Å². The van der Waals surface area contributed by atoms with Crippen LogP contribution in [0.4, 0.5) is 0 Å². The molecule has 1 rings (SSSR count). The van der Waals surface area contributed by atoms with E-state index in [1.807, 2.05) is 45.2 Å². The SMILES string of the molecule is CC(C)C#N.CNNCc1ccccc1. The second-order valence-corrected chi connectivity index (χ2v) is 3.37. The van der Waals surface area contributed by atoms with Crippen LogP contribution in [0, 0.1) is 17.2 Å². The van der Waals surface area contributed by atoms with Crippen LogP contribution in [-0.2, 0) is 6.54 Å². The number of rotatable bonds is 3. The van der Waals surface area contributed by atoms with Gasteiger partial charge in [-0.05, 0) is 26.5 Å². The minimum atomic E-state index is 0.190. The first kappa shape index (κ1) is 13.6. The van der Waals surface area contributed by atoms with Gasteiger partial charge in [-0.25, -0.2) is 0 Å². The van der Waals surface area contributed by atoms with Gasteiger partial charge in [0.25, 0.3) is 0 Å². The lowest BCUT2D eigenvalue weighted by Crippen LogP contribution is -2.26. The molecule has 0 aromatic heterocycles. The topological polar surface area (TPSA) is 47.9 Å². The summed E-state index contributed by atoms with van der Waals surface area (Å²) in [5, 5.41) is 7.89. The molecule has 3 nitrogen and oxygen atoms in total. The summed E-state index contributed by atoms with van der Waals surface area (Å²) in [5.41, 5.74) is 7.17. The first-order chi connectivity index (χ1) is 7.20. The second-order valence-electron chi connectivity index (χ2n) is 3.37. The van der Waals surface area contributed by atoms with Gasteiger partial charge in [0.2, 0.25) is 0 Å². The Morgan fingerprint density at radius 2 is 1.80 bits per heavy atom. The van der Waals surface area contributed by atoms with Crippen LogP contribution in [0.15, 0.2) is 30.3 Å². The summed E-state index contributed by atoms with van der Waals surface area (Å²) in [7, 11) is 1.86. The lowest BCUT2D eigenvalue weighted by Gasteiger charge is -2.00. The normalized spacial score (nSPS) is 9.00. The number of nitrogens with zero attached hydrogens (tertiary/aromatic N) is 1. The Morgan fingerprint density at radius 3 is 2.20 bits per heavy atom. The van der Waals surface area contributed by atoms with Gasteiger partial charge >= 0.3 is 0 Å². The van der Waals surface area contributed by atoms with Gasteiger partial charge < -0.3 is 0 Å². The van der Waals surface area contributed by atoms with Gasteiger partial charge in [-0.3, -0.25) is 10.9 Å². The van der Waals surface area contributed by atoms with Crippen LogP contribution in [0.25, 0.3) is 0 Å². The molecule has 0 radical (unpaired) electrons. The fraction of sp³-hybridized carbons (Fsp3) is 0.417. The number of hydrogen-bond donors (Lipinski definition) is 2. The smallest absolute Gasteiger partial charge is 0.0649 e. The Bertz CT molecular complexity index is 275. The molecule has 0 aliphatic heterocycles. The van der Waals surface area contributed by atoms with Gasteiger partial charge in [0.15, 0.2) is 0 Å². The first-order valence-electron chi connectivity index (χ1n) is 5.03. The highest BCUT2D eigenvalue weighted by atomic mass is 15.3. The van der Waals surface area contributed by atoms with Crippen LogP contribution < -0.4 is 10.9 Å². The Morgan fingerprint density at radius 1 is 1.27 bits per heavy atom. The molecule has 0 spiro atoms. The monoisotopic (exact) mass is 205 g/mol. The van der Waals surface area contributed by atoms with E-state index < -0.39 is 0 Å². The summed E-state index contributed by atoms with van der Waals surface area (Å²) >= 11 is 0. The van der Waals surface area contributed by atoms with Crippen LogP contribution in [0.3, 0.4) is 0 Å². The quantitative estimate of drug-likeness (QED) is 0.743. The fourth-order valence-electron chi connectivity index (χ4n) is 0.786. The van der Waals surface area contributed by atoms with E-state index in [-0.39, 0.29) is 5.92 Å². The zero-order valence-electron chi connectivity index (χ0n) is 9.62. The number of hydrogen-bond acceptors (Lipinski definition) is 3. The van der Waals surface area contributed by atoms with Gasteiger partial charge in [0.1, 0.15) is 0 Å². The van der Waals surface area contributed by atoms with E-state index in [1.54, 1.807) is 0 Å². The summed E-state index contributed by atoms with van der Waals surface area (Å²) in [6.07, 6.45) is 0. The van der Waals surface area contributed by atoms with E-state index in [9.17, 15) is 0 Å². The van der Waals surface area contributed by atoms with Crippen LogP contribution in [-0.4, -0.2) is 7.05 Å². The van der Waals surface area contributed by atoms with Crippen LogP contribution >= 0.6 is 0 Å². The number of nitrogens with one attached hydrogen (secondary N) is 2. The average molecular weight is 205 g/mol. The molecule has 3 heteroatoms. The van der Waals surface area contributed by atoms with Crippen molar-refractivity contribution in [3.8, 4) is 6.07 Å². The van der Waals surface area contributed by atoms with E-state index in [1.165, 1.54) is 5.56 Å². The third-order valence-corrected chi connectivity index (χ3v) is 1.57. The molecule has 0 unspecified atom stereocenters. The lowest BCUT2D eigenvalue weighted by molar-refractivity contribution is 0.596. The molecule has 0 saturated heterocycles. The average Bonchev–Trinajstić information content (AvgIpc) is 2.28. The van der Waals surface area contributed by atoms with Crippen molar-refractivity contribution < 1.29 is 0 Å². The molecule has 0 fully saturated rings. The van der Waals surface area contributed by atoms with Crippen molar-refractivity contribution in [3.05, 3.63) is 35.9 Å². The second kappa shape index (κ2) is 9.20. The Balaban J connectivity index is 0.000000336. The molecule has 0 bridgehead atoms. The Labute approximate surface area is 92.1 Å². The summed E-state index contributed by atoms with van der Waals surface area (Å²) in [6.45, 7) is 4.59. The standard InChI is InChI=1S/C8H12N2.C4H7N/c1-9-10-7-8-5-3-2-4-6-8;1-4(2)3-5/h2-6,9-10H,7H2,1H3;4H,1-2H3. The minimum absolute atomic E-state index is 0.190. The minimum Gasteiger partial charge on any atom is -0.261 e. The number of hydrazine groups is 1. The van der Waals surface area contributed by atoms with E-state index in [2.05, 4.69) is 23.0 Å². The highest BCUT2D eigenvalue weighted by Crippen LogP contribution is 1.95. The Kier molecular flexibility index (Phi) is 8.36. The number of nitriles is 1. The molecule has 0 amide bonds. The summed E-state index contributed by atoms with van der Waals surface area (Å²) in [5.74, 6) is 0.190. The molecule has 1 aromatic carbocycles. The van der Waals surface area contributed by atoms with E-state index in [0.717, 1.165) is 6.54 Å². The number of benzene rings is 1. The maximum Gasteiger partial charge on any atom is 0.0649 e. The molecule has 0 atom stereocenters. The third kappa shape index (κ3) is 8.95. The molecule has 0 saturated carbocycles. The zero-order chi connectivity index (χ0) is 11.5. The van der Waals surface area contributed by atoms with Crippen LogP contribution in [0.2, 0.25) is 0 Å². The van der Waals surface area contributed by atoms with Crippen molar-refractivity contribution in [3.63, 3.8) is 0 Å². The highest BCUT2D eigenvalue weighted by Gasteiger charge is 1.85. The molecular formula is C12H19N3. The largest absolute Gasteiger partial charge is 0.261 e. The molecule has 82 valence electrons. The maximum atomic E-state index is 7.89. The van der Waals surface area contributed by atoms with E-state index in [0.29, 0.717) is 0 Å². The van der Waals surface area contributed by atoms with Gasteiger partial charge in [-0.2, -0.15) is 5.26 Å². The van der Waals surface area contributed by atoms with Gasteiger partial charge in [-0.1, -0.05) is 30.3 Å². The fourth-order valence-corrected chi connectivity index (χ4v) is 0.786. The summed E-state index contributed by atoms with van der Waals surface area (Å²) in [6, 6.07) is 12.3. The van der Waals surface area contributed by atoms with Crippen molar-refractivity contribution in [2.24, 2.45) is 5.92 Å². The van der Waals surface area contributed by atoms with Gasteiger partial charge in [-0.15, -0.1) is 0 Å². The van der Waals surface area contributed by atoms with Crippen molar-refractivity contribution in [1.29, 1.82) is 5.26 Å². The van der Waals surface area contributed by atoms with Gasteiger partial charge in [0, 0.05) is 12.5 Å². The molecule has 15 heavy (non-hydrogen) atoms. The van der Waals surface area contributed by atoms with Crippen molar-refractivity contribution in [2.75, 3.05) is 7.05 Å². The molecular weight excluding hydrogens is 186 g/mol. The van der Waals surface area contributed by atoms with Gasteiger partial charge in [0.05, 0.1) is 6.07 Å². The first-order valence-corrected chi connectivity index (χ1v) is 5.03. The predicted octanol–water partition coefficient (Wildman–Crippen LogP) is 2.08. The lowest BCUT2D eigenvalue weighted by atomic mass is 10.2. The zero-order valence-corrected chi connectivity index (χ0v) is 9.62. The van der Waals surface area contributed by atoms with Crippen LogP contribution in [0.1, 0.15) is 19.4 Å². The van der Waals surface area contributed by atoms with E-state index >= 15 is 0 Å². The van der Waals surface area contributed by atoms with Crippen molar-refractivity contribution in [2.45, 2.75) is 20.4 Å². The molecule has 0 heterocycles. The molecule has 0 aliphatic carbocycles. The molecule has 2 N–H and O–H groups in total. The van der Waals surface area contributed by atoms with Crippen molar-refractivity contribution >= 4 is 0 Å². The maximum absolute atomic E-state index is 7.89. The Hall–Kier alpha value is -1.37. The van der Waals surface area contributed by atoms with E-state index in [4.69, 9.17) is 5.26 Å². The third-order valence-electron chi connectivity index (χ3n) is 1.57. The summed E-state index contributed by atoms with van der Waals surface area (Å²) < 4.78 is 0. The van der Waals surface area contributed by atoms with Crippen LogP contribution in [0.5, 0.6) is 0 Å². The highest BCUT2D eigenvalue weighted by molar-refractivity contribution is 5.13.